The lowest BCUT2D eigenvalue weighted by Crippen LogP contribution is -2.16. The Morgan fingerprint density at radius 1 is 0.931 bits per heavy atom. The van der Waals surface area contributed by atoms with Gasteiger partial charge >= 0.3 is 0 Å². The summed E-state index contributed by atoms with van der Waals surface area (Å²) in [6, 6.07) is 14.7. The number of halogens is 2. The van der Waals surface area contributed by atoms with Crippen molar-refractivity contribution >= 4 is 39.1 Å². The fourth-order valence-electron chi connectivity index (χ4n) is 2.49. The average Bonchev–Trinajstić information content (AvgIpc) is 2.70. The number of para-hydroxylation sites is 1. The number of nitrogens with one attached hydrogen (secondary N) is 2. The molecule has 0 aliphatic carbocycles. The lowest BCUT2D eigenvalue weighted by molar-refractivity contribution is 0.102. The molecule has 0 unspecified atom stereocenters. The molecule has 0 atom stereocenters. The number of rotatable bonds is 6. The SMILES string of the molecule is CSc1ccccc1NS(=O)(=O)c1ccc(NC(=O)c2ccc(F)cc2)c(F)c1. The molecule has 0 radical (unpaired) electrons. The van der Waals surface area contributed by atoms with Crippen molar-refractivity contribution in [3.05, 3.63) is 83.9 Å². The number of hydrogen-bond donors (Lipinski definition) is 2. The Hall–Kier alpha value is -2.91. The third-order valence-electron chi connectivity index (χ3n) is 3.96. The largest absolute Gasteiger partial charge is 0.319 e. The van der Waals surface area contributed by atoms with Crippen LogP contribution in [0.4, 0.5) is 20.2 Å². The first-order valence-electron chi connectivity index (χ1n) is 8.32. The van der Waals surface area contributed by atoms with E-state index in [1.807, 2.05) is 6.26 Å². The minimum Gasteiger partial charge on any atom is -0.319 e. The number of thioether (sulfide) groups is 1. The van der Waals surface area contributed by atoms with Gasteiger partial charge in [0.15, 0.2) is 0 Å². The van der Waals surface area contributed by atoms with Crippen molar-refractivity contribution in [3.8, 4) is 0 Å². The summed E-state index contributed by atoms with van der Waals surface area (Å²) in [5.41, 5.74) is 0.328. The number of amides is 1. The third-order valence-corrected chi connectivity index (χ3v) is 6.12. The van der Waals surface area contributed by atoms with Gasteiger partial charge < -0.3 is 5.32 Å². The highest BCUT2D eigenvalue weighted by atomic mass is 32.2. The fraction of sp³-hybridized carbons (Fsp3) is 0.0500. The fourth-order valence-corrected chi connectivity index (χ4v) is 4.20. The molecule has 0 heterocycles. The van der Waals surface area contributed by atoms with Gasteiger partial charge in [0.2, 0.25) is 0 Å². The van der Waals surface area contributed by atoms with Crippen LogP contribution in [-0.2, 0) is 10.0 Å². The van der Waals surface area contributed by atoms with E-state index in [1.54, 1.807) is 24.3 Å². The van der Waals surface area contributed by atoms with Gasteiger partial charge in [-0.05, 0) is 60.9 Å². The standard InChI is InChI=1S/C20H16F2N2O3S2/c1-28-19-5-3-2-4-18(19)24-29(26,27)15-10-11-17(16(22)12-15)23-20(25)13-6-8-14(21)9-7-13/h2-12,24H,1H3,(H,23,25). The van der Waals surface area contributed by atoms with Gasteiger partial charge in [0.05, 0.1) is 16.3 Å². The van der Waals surface area contributed by atoms with Gasteiger partial charge in [0, 0.05) is 10.5 Å². The quantitative estimate of drug-likeness (QED) is 0.550. The maximum atomic E-state index is 14.4. The van der Waals surface area contributed by atoms with Gasteiger partial charge in [-0.15, -0.1) is 11.8 Å². The molecule has 0 aliphatic heterocycles. The monoisotopic (exact) mass is 434 g/mol. The topological polar surface area (TPSA) is 75.3 Å². The van der Waals surface area contributed by atoms with E-state index in [9.17, 15) is 22.0 Å². The van der Waals surface area contributed by atoms with E-state index in [4.69, 9.17) is 0 Å². The maximum absolute atomic E-state index is 14.4. The summed E-state index contributed by atoms with van der Waals surface area (Å²) in [6.45, 7) is 0. The van der Waals surface area contributed by atoms with Crippen molar-refractivity contribution in [2.75, 3.05) is 16.3 Å². The number of sulfonamides is 1. The predicted molar refractivity (Wildman–Crippen MR) is 110 cm³/mol. The summed E-state index contributed by atoms with van der Waals surface area (Å²) in [5.74, 6) is -2.06. The Morgan fingerprint density at radius 2 is 1.62 bits per heavy atom. The lowest BCUT2D eigenvalue weighted by Gasteiger charge is -2.12. The van der Waals surface area contributed by atoms with Gasteiger partial charge in [-0.1, -0.05) is 12.1 Å². The first kappa shape index (κ1) is 20.8. The van der Waals surface area contributed by atoms with Gasteiger partial charge in [-0.2, -0.15) is 0 Å². The highest BCUT2D eigenvalue weighted by molar-refractivity contribution is 7.99. The summed E-state index contributed by atoms with van der Waals surface area (Å²) in [6.07, 6.45) is 1.81. The second-order valence-electron chi connectivity index (χ2n) is 5.91. The number of benzene rings is 3. The molecule has 5 nitrogen and oxygen atoms in total. The Bertz CT molecular complexity index is 1150. The molecule has 0 bridgehead atoms. The van der Waals surface area contributed by atoms with Crippen molar-refractivity contribution in [1.82, 2.24) is 0 Å². The predicted octanol–water partition coefficient (Wildman–Crippen LogP) is 4.74. The number of hydrogen-bond acceptors (Lipinski definition) is 4. The molecule has 0 fully saturated rings. The highest BCUT2D eigenvalue weighted by Gasteiger charge is 2.19. The normalized spacial score (nSPS) is 11.1. The summed E-state index contributed by atoms with van der Waals surface area (Å²) in [4.78, 5) is 12.6. The van der Waals surface area contributed by atoms with E-state index in [0.717, 1.165) is 29.2 Å². The van der Waals surface area contributed by atoms with Gasteiger partial charge in [-0.25, -0.2) is 17.2 Å². The molecule has 1 amide bonds. The summed E-state index contributed by atoms with van der Waals surface area (Å²) >= 11 is 1.37. The minimum absolute atomic E-state index is 0.137. The summed E-state index contributed by atoms with van der Waals surface area (Å²) < 4.78 is 55.0. The van der Waals surface area contributed by atoms with Crippen LogP contribution >= 0.6 is 11.8 Å². The van der Waals surface area contributed by atoms with Crippen LogP contribution in [0.5, 0.6) is 0 Å². The van der Waals surface area contributed by atoms with Crippen molar-refractivity contribution in [1.29, 1.82) is 0 Å². The molecule has 3 aromatic carbocycles. The van der Waals surface area contributed by atoms with E-state index in [-0.39, 0.29) is 16.1 Å². The first-order chi connectivity index (χ1) is 13.8. The average molecular weight is 434 g/mol. The minimum atomic E-state index is -4.03. The van der Waals surface area contributed by atoms with Crippen LogP contribution in [0.2, 0.25) is 0 Å². The molecular weight excluding hydrogens is 418 g/mol. The molecule has 9 heteroatoms. The molecule has 0 saturated carbocycles. The second kappa shape index (κ2) is 8.62. The molecule has 2 N–H and O–H groups in total. The Labute approximate surface area is 171 Å². The zero-order valence-electron chi connectivity index (χ0n) is 15.1. The molecule has 0 spiro atoms. The van der Waals surface area contributed by atoms with Crippen molar-refractivity contribution in [3.63, 3.8) is 0 Å². The van der Waals surface area contributed by atoms with Crippen molar-refractivity contribution in [2.45, 2.75) is 9.79 Å². The Morgan fingerprint density at radius 3 is 2.28 bits per heavy atom. The molecule has 29 heavy (non-hydrogen) atoms. The van der Waals surface area contributed by atoms with Crippen LogP contribution in [0.1, 0.15) is 10.4 Å². The van der Waals surface area contributed by atoms with Crippen LogP contribution in [0, 0.1) is 11.6 Å². The zero-order chi connectivity index (χ0) is 21.0. The lowest BCUT2D eigenvalue weighted by atomic mass is 10.2. The molecule has 0 aromatic heterocycles. The second-order valence-corrected chi connectivity index (χ2v) is 8.44. The van der Waals surface area contributed by atoms with E-state index >= 15 is 0 Å². The van der Waals surface area contributed by atoms with Gasteiger partial charge in [0.25, 0.3) is 15.9 Å². The van der Waals surface area contributed by atoms with Crippen LogP contribution in [0.15, 0.2) is 76.5 Å². The zero-order valence-corrected chi connectivity index (χ0v) is 16.8. The number of carbonyl (C=O) groups is 1. The Kier molecular flexibility index (Phi) is 6.19. The van der Waals surface area contributed by atoms with E-state index in [0.29, 0.717) is 5.69 Å². The smallest absolute Gasteiger partial charge is 0.262 e. The van der Waals surface area contributed by atoms with Crippen molar-refractivity contribution < 1.29 is 22.0 Å². The summed E-state index contributed by atoms with van der Waals surface area (Å²) in [7, 11) is -4.03. The van der Waals surface area contributed by atoms with Crippen LogP contribution in [0.3, 0.4) is 0 Å². The molecule has 0 saturated heterocycles. The number of carbonyl (C=O) groups excluding carboxylic acids is 1. The molecular formula is C20H16F2N2O3S2. The maximum Gasteiger partial charge on any atom is 0.262 e. The molecule has 0 aliphatic rings. The molecule has 3 aromatic rings. The van der Waals surface area contributed by atoms with E-state index < -0.39 is 27.6 Å². The van der Waals surface area contributed by atoms with Crippen LogP contribution < -0.4 is 10.0 Å². The van der Waals surface area contributed by atoms with E-state index in [2.05, 4.69) is 10.0 Å². The van der Waals surface area contributed by atoms with Crippen molar-refractivity contribution in [2.24, 2.45) is 0 Å². The van der Waals surface area contributed by atoms with E-state index in [1.165, 1.54) is 30.0 Å². The molecule has 150 valence electrons. The van der Waals surface area contributed by atoms with Gasteiger partial charge in [0.1, 0.15) is 11.6 Å². The van der Waals surface area contributed by atoms with Crippen LogP contribution in [0.25, 0.3) is 0 Å². The first-order valence-corrected chi connectivity index (χ1v) is 11.0. The molecule has 3 rings (SSSR count). The highest BCUT2D eigenvalue weighted by Crippen LogP contribution is 2.28. The number of anilines is 2. The van der Waals surface area contributed by atoms with Crippen LogP contribution in [-0.4, -0.2) is 20.6 Å². The Balaban J connectivity index is 1.81. The summed E-state index contributed by atoms with van der Waals surface area (Å²) in [5, 5.41) is 2.34. The van der Waals surface area contributed by atoms with Gasteiger partial charge in [-0.3, -0.25) is 9.52 Å². The third kappa shape index (κ3) is 4.93.